The molecule has 2 unspecified atom stereocenters. The normalized spacial score (nSPS) is 18.5. The minimum absolute atomic E-state index is 0.0466. The second-order valence-corrected chi connectivity index (χ2v) is 9.37. The molecule has 0 radical (unpaired) electrons. The summed E-state index contributed by atoms with van der Waals surface area (Å²) in [4.78, 5) is 15.7. The van der Waals surface area contributed by atoms with Gasteiger partial charge in [0, 0.05) is 17.7 Å². The SMILES string of the molecule is Cc1cc(C)c(-c2cccc3c2CCC3Oc2ncc3c(c2C)OCC3CC(=O)O)c(C)c1. The fourth-order valence-electron chi connectivity index (χ4n) is 5.56. The van der Waals surface area contributed by atoms with Crippen molar-refractivity contribution in [2.24, 2.45) is 0 Å². The highest BCUT2D eigenvalue weighted by atomic mass is 16.5. The summed E-state index contributed by atoms with van der Waals surface area (Å²) in [6.07, 6.45) is 3.57. The Kier molecular flexibility index (Phi) is 5.35. The van der Waals surface area contributed by atoms with E-state index < -0.39 is 5.97 Å². The number of carboxylic acids is 1. The topological polar surface area (TPSA) is 68.7 Å². The lowest BCUT2D eigenvalue weighted by atomic mass is 9.89. The van der Waals surface area contributed by atoms with Crippen LogP contribution in [-0.4, -0.2) is 22.7 Å². The van der Waals surface area contributed by atoms with Crippen molar-refractivity contribution in [2.45, 2.75) is 59.0 Å². The Morgan fingerprint density at radius 1 is 1.15 bits per heavy atom. The quantitative estimate of drug-likeness (QED) is 0.524. The van der Waals surface area contributed by atoms with Crippen LogP contribution < -0.4 is 9.47 Å². The molecule has 33 heavy (non-hydrogen) atoms. The van der Waals surface area contributed by atoms with Gasteiger partial charge in [0.05, 0.1) is 18.6 Å². The van der Waals surface area contributed by atoms with Crippen LogP contribution in [0.2, 0.25) is 0 Å². The molecule has 3 aromatic rings. The molecule has 0 fully saturated rings. The van der Waals surface area contributed by atoms with Gasteiger partial charge < -0.3 is 14.6 Å². The van der Waals surface area contributed by atoms with E-state index in [0.717, 1.165) is 29.7 Å². The summed E-state index contributed by atoms with van der Waals surface area (Å²) in [5.74, 6) is 0.306. The number of ether oxygens (including phenoxy) is 2. The summed E-state index contributed by atoms with van der Waals surface area (Å²) < 4.78 is 12.3. The fourth-order valence-corrected chi connectivity index (χ4v) is 5.56. The summed E-state index contributed by atoms with van der Waals surface area (Å²) in [5, 5.41) is 9.16. The van der Waals surface area contributed by atoms with E-state index in [4.69, 9.17) is 14.6 Å². The van der Waals surface area contributed by atoms with Gasteiger partial charge in [-0.05, 0) is 73.9 Å². The van der Waals surface area contributed by atoms with Gasteiger partial charge >= 0.3 is 5.97 Å². The number of aryl methyl sites for hydroxylation is 3. The molecule has 1 aliphatic heterocycles. The van der Waals surface area contributed by atoms with Crippen molar-refractivity contribution in [1.29, 1.82) is 0 Å². The molecule has 0 saturated carbocycles. The van der Waals surface area contributed by atoms with E-state index in [2.05, 4.69) is 56.1 Å². The largest absolute Gasteiger partial charge is 0.492 e. The van der Waals surface area contributed by atoms with Gasteiger partial charge in [-0.3, -0.25) is 4.79 Å². The summed E-state index contributed by atoms with van der Waals surface area (Å²) in [7, 11) is 0. The van der Waals surface area contributed by atoms with E-state index in [-0.39, 0.29) is 18.4 Å². The Morgan fingerprint density at radius 3 is 2.64 bits per heavy atom. The Morgan fingerprint density at radius 2 is 1.91 bits per heavy atom. The molecule has 1 N–H and O–H groups in total. The average Bonchev–Trinajstić information content (AvgIpc) is 3.34. The van der Waals surface area contributed by atoms with E-state index in [1.165, 1.54) is 38.9 Å². The van der Waals surface area contributed by atoms with E-state index in [1.807, 2.05) is 6.92 Å². The number of nitrogens with zero attached hydrogens (tertiary/aromatic N) is 1. The number of hydrogen-bond donors (Lipinski definition) is 1. The molecule has 5 heteroatoms. The third kappa shape index (κ3) is 3.75. The molecule has 170 valence electrons. The summed E-state index contributed by atoms with van der Waals surface area (Å²) in [6, 6.07) is 11.0. The van der Waals surface area contributed by atoms with Gasteiger partial charge in [-0.15, -0.1) is 0 Å². The predicted octanol–water partition coefficient (Wildman–Crippen LogP) is 6.00. The van der Waals surface area contributed by atoms with Crippen LogP contribution in [0.5, 0.6) is 11.6 Å². The summed E-state index contributed by atoms with van der Waals surface area (Å²) in [5.41, 5.74) is 10.8. The molecule has 0 spiro atoms. The zero-order chi connectivity index (χ0) is 23.3. The van der Waals surface area contributed by atoms with Crippen molar-refractivity contribution in [1.82, 2.24) is 4.98 Å². The molecule has 2 aliphatic rings. The molecule has 2 aromatic carbocycles. The molecule has 1 aromatic heterocycles. The first-order valence-corrected chi connectivity index (χ1v) is 11.5. The predicted molar refractivity (Wildman–Crippen MR) is 127 cm³/mol. The lowest BCUT2D eigenvalue weighted by molar-refractivity contribution is -0.137. The second kappa shape index (κ2) is 8.22. The number of benzene rings is 2. The maximum Gasteiger partial charge on any atom is 0.304 e. The number of aromatic nitrogens is 1. The van der Waals surface area contributed by atoms with Gasteiger partial charge in [-0.1, -0.05) is 35.9 Å². The highest BCUT2D eigenvalue weighted by Crippen LogP contribution is 2.45. The molecule has 0 amide bonds. The van der Waals surface area contributed by atoms with Crippen molar-refractivity contribution in [3.05, 3.63) is 75.5 Å². The first-order chi connectivity index (χ1) is 15.8. The minimum Gasteiger partial charge on any atom is -0.492 e. The summed E-state index contributed by atoms with van der Waals surface area (Å²) >= 11 is 0. The van der Waals surface area contributed by atoms with Crippen LogP contribution >= 0.6 is 0 Å². The van der Waals surface area contributed by atoms with Crippen molar-refractivity contribution in [3.63, 3.8) is 0 Å². The van der Waals surface area contributed by atoms with E-state index >= 15 is 0 Å². The maximum absolute atomic E-state index is 11.2. The van der Waals surface area contributed by atoms with Gasteiger partial charge in [-0.25, -0.2) is 4.98 Å². The van der Waals surface area contributed by atoms with Crippen LogP contribution in [0.3, 0.4) is 0 Å². The first kappa shape index (κ1) is 21.5. The van der Waals surface area contributed by atoms with Crippen molar-refractivity contribution in [3.8, 4) is 22.8 Å². The number of aliphatic carboxylic acids is 1. The Hall–Kier alpha value is -3.34. The molecular formula is C28H29NO4. The summed E-state index contributed by atoms with van der Waals surface area (Å²) in [6.45, 7) is 8.83. The molecule has 1 aliphatic carbocycles. The molecule has 2 atom stereocenters. The number of fused-ring (bicyclic) bond motifs is 2. The van der Waals surface area contributed by atoms with Crippen LogP contribution in [-0.2, 0) is 11.2 Å². The molecule has 0 bridgehead atoms. The standard InChI is InChI=1S/C28H29NO4/c1-15-10-16(2)26(17(3)11-15)22-7-5-6-21-20(22)8-9-24(21)33-28-18(4)27-23(13-29-28)19(14-32-27)12-25(30)31/h5-7,10-11,13,19,24H,8-9,12,14H2,1-4H3,(H,30,31). The first-order valence-electron chi connectivity index (χ1n) is 11.5. The number of rotatable bonds is 5. The highest BCUT2D eigenvalue weighted by Gasteiger charge is 2.32. The lowest BCUT2D eigenvalue weighted by Crippen LogP contribution is -2.08. The molecule has 0 saturated heterocycles. The van der Waals surface area contributed by atoms with E-state index in [9.17, 15) is 4.79 Å². The maximum atomic E-state index is 11.2. The van der Waals surface area contributed by atoms with Crippen LogP contribution in [0.4, 0.5) is 0 Å². The lowest BCUT2D eigenvalue weighted by Gasteiger charge is -2.19. The van der Waals surface area contributed by atoms with Crippen LogP contribution in [0.1, 0.15) is 63.8 Å². The second-order valence-electron chi connectivity index (χ2n) is 9.37. The van der Waals surface area contributed by atoms with E-state index in [0.29, 0.717) is 12.5 Å². The Balaban J connectivity index is 1.46. The zero-order valence-corrected chi connectivity index (χ0v) is 19.6. The monoisotopic (exact) mass is 443 g/mol. The van der Waals surface area contributed by atoms with Gasteiger partial charge in [0.15, 0.2) is 0 Å². The number of hydrogen-bond acceptors (Lipinski definition) is 4. The average molecular weight is 444 g/mol. The van der Waals surface area contributed by atoms with Gasteiger partial charge in [-0.2, -0.15) is 0 Å². The Labute approximate surface area is 194 Å². The third-order valence-electron chi connectivity index (χ3n) is 6.95. The van der Waals surface area contributed by atoms with Crippen LogP contribution in [0, 0.1) is 27.7 Å². The van der Waals surface area contributed by atoms with Crippen LogP contribution in [0.25, 0.3) is 11.1 Å². The molecule has 5 nitrogen and oxygen atoms in total. The van der Waals surface area contributed by atoms with Gasteiger partial charge in [0.2, 0.25) is 5.88 Å². The third-order valence-corrected chi connectivity index (χ3v) is 6.95. The van der Waals surface area contributed by atoms with Gasteiger partial charge in [0.25, 0.3) is 0 Å². The van der Waals surface area contributed by atoms with Crippen molar-refractivity contribution in [2.75, 3.05) is 6.61 Å². The number of carboxylic acid groups (broad SMARTS) is 1. The number of carbonyl (C=O) groups is 1. The van der Waals surface area contributed by atoms with Gasteiger partial charge in [0.1, 0.15) is 11.9 Å². The van der Waals surface area contributed by atoms with Crippen LogP contribution in [0.15, 0.2) is 36.5 Å². The minimum atomic E-state index is -0.827. The Bertz CT molecular complexity index is 1240. The fraction of sp³-hybridized carbons (Fsp3) is 0.357. The smallest absolute Gasteiger partial charge is 0.304 e. The highest BCUT2D eigenvalue weighted by molar-refractivity contribution is 5.76. The van der Waals surface area contributed by atoms with Crippen molar-refractivity contribution < 1.29 is 19.4 Å². The molecule has 2 heterocycles. The number of pyridine rings is 1. The molecule has 5 rings (SSSR count). The zero-order valence-electron chi connectivity index (χ0n) is 19.6. The molecular weight excluding hydrogens is 414 g/mol. The van der Waals surface area contributed by atoms with Crippen molar-refractivity contribution >= 4 is 5.97 Å². The van der Waals surface area contributed by atoms with E-state index in [1.54, 1.807) is 6.20 Å².